The number of nitrogens with zero attached hydrogens (tertiary/aromatic N) is 1. The monoisotopic (exact) mass is 186 g/mol. The van der Waals surface area contributed by atoms with Gasteiger partial charge in [-0.2, -0.15) is 0 Å². The lowest BCUT2D eigenvalue weighted by Gasteiger charge is -2.22. The third-order valence-corrected chi connectivity index (χ3v) is 2.00. The number of carboxylic acid groups (broad SMARTS) is 1. The number of guanidine groups is 1. The molecular formula is C7H14N4O2. The maximum Gasteiger partial charge on any atom is 0.320 e. The predicted octanol–water partition coefficient (Wildman–Crippen LogP) is -1.68. The van der Waals surface area contributed by atoms with Crippen LogP contribution in [-0.2, 0) is 4.79 Å². The van der Waals surface area contributed by atoms with E-state index in [0.29, 0.717) is 25.5 Å². The quantitative estimate of drug-likeness (QED) is 0.420. The molecule has 13 heavy (non-hydrogen) atoms. The highest BCUT2D eigenvalue weighted by atomic mass is 16.4. The smallest absolute Gasteiger partial charge is 0.320 e. The molecule has 0 aromatic heterocycles. The van der Waals surface area contributed by atoms with E-state index in [0.717, 1.165) is 0 Å². The maximum absolute atomic E-state index is 10.4. The zero-order valence-corrected chi connectivity index (χ0v) is 7.23. The summed E-state index contributed by atoms with van der Waals surface area (Å²) >= 11 is 0. The van der Waals surface area contributed by atoms with E-state index < -0.39 is 12.0 Å². The van der Waals surface area contributed by atoms with Crippen LogP contribution in [0.1, 0.15) is 6.42 Å². The molecular weight excluding hydrogens is 172 g/mol. The largest absolute Gasteiger partial charge is 0.480 e. The minimum absolute atomic E-state index is 0.165. The number of carbonyl (C=O) groups is 1. The second-order valence-electron chi connectivity index (χ2n) is 3.15. The first-order valence-electron chi connectivity index (χ1n) is 4.11. The highest BCUT2D eigenvalue weighted by Crippen LogP contribution is 2.07. The molecule has 74 valence electrons. The summed E-state index contributed by atoms with van der Waals surface area (Å²) in [6.45, 7) is 1.20. The summed E-state index contributed by atoms with van der Waals surface area (Å²) in [6.07, 6.45) is 0.430. The molecule has 0 aromatic rings. The van der Waals surface area contributed by atoms with Crippen molar-refractivity contribution in [3.63, 3.8) is 0 Å². The molecule has 6 nitrogen and oxygen atoms in total. The summed E-state index contributed by atoms with van der Waals surface area (Å²) in [6, 6.07) is -0.804. The van der Waals surface area contributed by atoms with Gasteiger partial charge in [0.2, 0.25) is 0 Å². The fourth-order valence-electron chi connectivity index (χ4n) is 1.21. The molecule has 1 aliphatic heterocycles. The van der Waals surface area contributed by atoms with E-state index in [-0.39, 0.29) is 5.92 Å². The number of hydrogen-bond acceptors (Lipinski definition) is 5. The molecule has 2 atom stereocenters. The molecule has 0 saturated heterocycles. The number of aliphatic imine (C=N–C) groups is 1. The zero-order valence-electron chi connectivity index (χ0n) is 7.23. The van der Waals surface area contributed by atoms with Crippen LogP contribution >= 0.6 is 0 Å². The van der Waals surface area contributed by atoms with E-state index >= 15 is 0 Å². The lowest BCUT2D eigenvalue weighted by molar-refractivity contribution is -0.138. The van der Waals surface area contributed by atoms with Gasteiger partial charge in [0.05, 0.1) is 0 Å². The van der Waals surface area contributed by atoms with Gasteiger partial charge in [-0.3, -0.25) is 9.79 Å². The minimum atomic E-state index is -0.970. The first kappa shape index (κ1) is 9.79. The summed E-state index contributed by atoms with van der Waals surface area (Å²) in [4.78, 5) is 14.4. The summed E-state index contributed by atoms with van der Waals surface area (Å²) in [7, 11) is 0. The Labute approximate surface area is 76.0 Å². The molecule has 0 fully saturated rings. The molecule has 6 N–H and O–H groups in total. The van der Waals surface area contributed by atoms with Crippen LogP contribution in [0, 0.1) is 5.92 Å². The average molecular weight is 186 g/mol. The molecule has 6 heteroatoms. The van der Waals surface area contributed by atoms with Gasteiger partial charge in [0.15, 0.2) is 5.96 Å². The summed E-state index contributed by atoms with van der Waals surface area (Å²) < 4.78 is 0. The van der Waals surface area contributed by atoms with Crippen LogP contribution in [0.15, 0.2) is 4.99 Å². The number of carboxylic acids is 1. The van der Waals surface area contributed by atoms with Crippen molar-refractivity contribution in [3.05, 3.63) is 0 Å². The molecule has 1 rings (SSSR count). The Bertz CT molecular complexity index is 229. The molecule has 0 aromatic carbocycles. The van der Waals surface area contributed by atoms with Crippen LogP contribution in [0.5, 0.6) is 0 Å². The molecule has 0 bridgehead atoms. The van der Waals surface area contributed by atoms with Gasteiger partial charge < -0.3 is 21.9 Å². The Morgan fingerprint density at radius 3 is 3.00 bits per heavy atom. The molecule has 1 heterocycles. The minimum Gasteiger partial charge on any atom is -0.480 e. The van der Waals surface area contributed by atoms with Crippen LogP contribution in [0.4, 0.5) is 0 Å². The van der Waals surface area contributed by atoms with Crippen molar-refractivity contribution in [2.45, 2.75) is 12.5 Å². The van der Waals surface area contributed by atoms with Gasteiger partial charge in [0.1, 0.15) is 6.04 Å². The third-order valence-electron chi connectivity index (χ3n) is 2.00. The first-order valence-corrected chi connectivity index (χ1v) is 4.11. The second kappa shape index (κ2) is 4.08. The summed E-state index contributed by atoms with van der Waals surface area (Å²) in [5.74, 6) is -0.388. The molecule has 0 radical (unpaired) electrons. The Balaban J connectivity index is 2.35. The Hall–Kier alpha value is -1.30. The number of aliphatic carboxylic acids is 1. The van der Waals surface area contributed by atoms with Crippen molar-refractivity contribution < 1.29 is 9.90 Å². The summed E-state index contributed by atoms with van der Waals surface area (Å²) in [5, 5.41) is 11.4. The van der Waals surface area contributed by atoms with Gasteiger partial charge in [0, 0.05) is 13.1 Å². The molecule has 0 saturated carbocycles. The zero-order chi connectivity index (χ0) is 9.84. The van der Waals surface area contributed by atoms with Crippen LogP contribution in [0.25, 0.3) is 0 Å². The topological polar surface area (TPSA) is 114 Å². The van der Waals surface area contributed by atoms with Gasteiger partial charge in [0.25, 0.3) is 0 Å². The first-order chi connectivity index (χ1) is 6.09. The highest BCUT2D eigenvalue weighted by molar-refractivity contribution is 5.78. The number of hydrogen-bond donors (Lipinski definition) is 4. The van der Waals surface area contributed by atoms with E-state index in [9.17, 15) is 4.79 Å². The van der Waals surface area contributed by atoms with Gasteiger partial charge in [-0.25, -0.2) is 0 Å². The van der Waals surface area contributed by atoms with Crippen LogP contribution in [0.3, 0.4) is 0 Å². The van der Waals surface area contributed by atoms with Crippen LogP contribution in [0.2, 0.25) is 0 Å². The van der Waals surface area contributed by atoms with Crippen molar-refractivity contribution in [2.75, 3.05) is 13.1 Å². The molecule has 0 spiro atoms. The molecule has 0 amide bonds. The van der Waals surface area contributed by atoms with E-state index in [4.69, 9.17) is 16.6 Å². The maximum atomic E-state index is 10.4. The normalized spacial score (nSPS) is 24.4. The number of rotatable bonds is 3. The highest BCUT2D eigenvalue weighted by Gasteiger charge is 2.20. The second-order valence-corrected chi connectivity index (χ2v) is 3.15. The molecule has 1 aliphatic rings. The van der Waals surface area contributed by atoms with Gasteiger partial charge >= 0.3 is 5.97 Å². The van der Waals surface area contributed by atoms with Crippen molar-refractivity contribution in [3.8, 4) is 0 Å². The SMILES string of the molecule is NC1=NCC(CC(N)C(=O)O)CN1. The number of nitrogens with one attached hydrogen (secondary N) is 1. The van der Waals surface area contributed by atoms with Gasteiger partial charge in [-0.1, -0.05) is 0 Å². The van der Waals surface area contributed by atoms with E-state index in [2.05, 4.69) is 10.3 Å². The summed E-state index contributed by atoms with van der Waals surface area (Å²) in [5.41, 5.74) is 10.8. The molecule has 2 unspecified atom stereocenters. The average Bonchev–Trinajstić information content (AvgIpc) is 2.08. The Morgan fingerprint density at radius 2 is 2.54 bits per heavy atom. The molecule has 0 aliphatic carbocycles. The Kier molecular flexibility index (Phi) is 3.07. The standard InChI is InChI=1S/C7H14N4O2/c8-5(6(12)13)1-4-2-10-7(9)11-3-4/h4-5H,1-3,8H2,(H,12,13)(H3,9,10,11). The van der Waals surface area contributed by atoms with E-state index in [1.165, 1.54) is 0 Å². The lowest BCUT2D eigenvalue weighted by Crippen LogP contribution is -2.43. The predicted molar refractivity (Wildman–Crippen MR) is 48.2 cm³/mol. The van der Waals surface area contributed by atoms with Crippen LogP contribution < -0.4 is 16.8 Å². The van der Waals surface area contributed by atoms with Gasteiger partial charge in [-0.15, -0.1) is 0 Å². The van der Waals surface area contributed by atoms with Crippen molar-refractivity contribution >= 4 is 11.9 Å². The van der Waals surface area contributed by atoms with Crippen molar-refractivity contribution in [1.29, 1.82) is 0 Å². The van der Waals surface area contributed by atoms with Crippen molar-refractivity contribution in [1.82, 2.24) is 5.32 Å². The fourth-order valence-corrected chi connectivity index (χ4v) is 1.21. The number of nitrogens with two attached hydrogens (primary N) is 2. The lowest BCUT2D eigenvalue weighted by atomic mass is 9.99. The van der Waals surface area contributed by atoms with E-state index in [1.807, 2.05) is 0 Å². The van der Waals surface area contributed by atoms with Crippen molar-refractivity contribution in [2.24, 2.45) is 22.4 Å². The fraction of sp³-hybridized carbons (Fsp3) is 0.714. The van der Waals surface area contributed by atoms with Gasteiger partial charge in [-0.05, 0) is 12.3 Å². The third kappa shape index (κ3) is 2.90. The van der Waals surface area contributed by atoms with Crippen LogP contribution in [-0.4, -0.2) is 36.2 Å². The Morgan fingerprint density at radius 1 is 1.85 bits per heavy atom. The van der Waals surface area contributed by atoms with E-state index in [1.54, 1.807) is 0 Å².